The molecule has 0 aliphatic heterocycles. The van der Waals surface area contributed by atoms with E-state index in [1.54, 1.807) is 19.2 Å². The van der Waals surface area contributed by atoms with Crippen LogP contribution in [0.15, 0.2) is 66.7 Å². The number of carbonyl (C=O) groups excluding carboxylic acids is 1. The van der Waals surface area contributed by atoms with Crippen molar-refractivity contribution in [1.29, 1.82) is 5.26 Å². The number of ether oxygens (including phenoxy) is 1. The highest BCUT2D eigenvalue weighted by atomic mass is 35.5. The summed E-state index contributed by atoms with van der Waals surface area (Å²) in [6.07, 6.45) is 1.75. The number of amides is 2. The van der Waals surface area contributed by atoms with Crippen molar-refractivity contribution in [3.63, 3.8) is 0 Å². The number of benzene rings is 3. The molecule has 42 heavy (non-hydrogen) atoms. The van der Waals surface area contributed by atoms with Crippen LogP contribution < -0.4 is 4.74 Å². The highest BCUT2D eigenvalue weighted by Gasteiger charge is 2.34. The van der Waals surface area contributed by atoms with Gasteiger partial charge in [-0.15, -0.1) is 11.3 Å². The molecule has 0 spiro atoms. The first-order valence-corrected chi connectivity index (χ1v) is 15.2. The second kappa shape index (κ2) is 12.8. The van der Waals surface area contributed by atoms with Gasteiger partial charge in [-0.25, -0.2) is 4.79 Å². The zero-order chi connectivity index (χ0) is 29.8. The number of carboxylic acid groups (broad SMARTS) is 1. The minimum Gasteiger partial charge on any atom is -0.494 e. The second-order valence-corrected chi connectivity index (χ2v) is 11.9. The van der Waals surface area contributed by atoms with Gasteiger partial charge < -0.3 is 19.6 Å². The van der Waals surface area contributed by atoms with Crippen molar-refractivity contribution >= 4 is 45.0 Å². The second-order valence-electron chi connectivity index (χ2n) is 10.5. The van der Waals surface area contributed by atoms with E-state index >= 15 is 0 Å². The molecule has 5 rings (SSSR count). The first kappa shape index (κ1) is 29.4. The van der Waals surface area contributed by atoms with E-state index in [1.807, 2.05) is 66.4 Å². The summed E-state index contributed by atoms with van der Waals surface area (Å²) in [5.74, 6) is 0.567. The molecule has 216 valence electrons. The van der Waals surface area contributed by atoms with Crippen LogP contribution in [0.25, 0.3) is 21.2 Å². The molecule has 2 amide bonds. The predicted molar refractivity (Wildman–Crippen MR) is 166 cm³/mol. The third kappa shape index (κ3) is 6.08. The van der Waals surface area contributed by atoms with Crippen LogP contribution in [0.3, 0.4) is 0 Å². The maximum absolute atomic E-state index is 14.3. The first-order chi connectivity index (χ1) is 20.3. The number of rotatable bonds is 8. The normalized spacial score (nSPS) is 16.5. The van der Waals surface area contributed by atoms with Crippen molar-refractivity contribution in [3.8, 4) is 22.9 Å². The number of nitriles is 1. The molecule has 0 unspecified atom stereocenters. The van der Waals surface area contributed by atoms with E-state index in [0.717, 1.165) is 26.8 Å². The van der Waals surface area contributed by atoms with Crippen molar-refractivity contribution in [2.45, 2.75) is 51.2 Å². The summed E-state index contributed by atoms with van der Waals surface area (Å²) in [6.45, 7) is 2.72. The molecule has 1 aliphatic carbocycles. The molecule has 9 heteroatoms. The van der Waals surface area contributed by atoms with Gasteiger partial charge in [-0.2, -0.15) is 5.26 Å². The van der Waals surface area contributed by atoms with E-state index in [1.165, 1.54) is 16.2 Å². The molecule has 1 aliphatic rings. The smallest absolute Gasteiger partial charge is 0.407 e. The lowest BCUT2D eigenvalue weighted by Gasteiger charge is -2.39. The van der Waals surface area contributed by atoms with Crippen LogP contribution in [0.1, 0.15) is 53.4 Å². The first-order valence-electron chi connectivity index (χ1n) is 14.0. The standard InChI is InChI=1S/C33H32ClN3O4S/c1-3-41-28-17-12-23(22-10-8-21(19-35)9-11-22)18-24(28)20-37(26-15-13-25(14-16-26)36(2)33(39)40)32(38)31-30(34)27-6-4-5-7-29(27)42-31/h4-12,17-18,25-26H,3,13-16,20H2,1-2H3,(H,39,40). The van der Waals surface area contributed by atoms with Crippen molar-refractivity contribution in [3.05, 3.63) is 87.8 Å². The van der Waals surface area contributed by atoms with Gasteiger partial charge in [-0.3, -0.25) is 4.79 Å². The Morgan fingerprint density at radius 2 is 1.69 bits per heavy atom. The lowest BCUT2D eigenvalue weighted by Crippen LogP contribution is -2.46. The molecule has 7 nitrogen and oxygen atoms in total. The molecule has 0 bridgehead atoms. The summed E-state index contributed by atoms with van der Waals surface area (Å²) >= 11 is 8.19. The van der Waals surface area contributed by atoms with Gasteiger partial charge in [-0.05, 0) is 74.1 Å². The average Bonchev–Trinajstić information content (AvgIpc) is 3.36. The summed E-state index contributed by atoms with van der Waals surface area (Å²) in [4.78, 5) is 29.7. The quantitative estimate of drug-likeness (QED) is 0.220. The highest BCUT2D eigenvalue weighted by molar-refractivity contribution is 7.21. The van der Waals surface area contributed by atoms with Crippen molar-refractivity contribution in [2.75, 3.05) is 13.7 Å². The van der Waals surface area contributed by atoms with E-state index in [9.17, 15) is 20.0 Å². The molecule has 3 aromatic carbocycles. The fourth-order valence-electron chi connectivity index (χ4n) is 5.66. The lowest BCUT2D eigenvalue weighted by atomic mass is 9.89. The molecule has 0 radical (unpaired) electrons. The molecule has 1 aromatic heterocycles. The fourth-order valence-corrected chi connectivity index (χ4v) is 7.13. The van der Waals surface area contributed by atoms with Crippen molar-refractivity contribution < 1.29 is 19.4 Å². The van der Waals surface area contributed by atoms with Gasteiger partial charge in [0.2, 0.25) is 0 Å². The zero-order valence-electron chi connectivity index (χ0n) is 23.5. The Labute approximate surface area is 254 Å². The van der Waals surface area contributed by atoms with Crippen LogP contribution in [0.4, 0.5) is 4.79 Å². The molecule has 1 N–H and O–H groups in total. The summed E-state index contributed by atoms with van der Waals surface area (Å²) in [6, 6.07) is 23.1. The van der Waals surface area contributed by atoms with Crippen molar-refractivity contribution in [1.82, 2.24) is 9.80 Å². The van der Waals surface area contributed by atoms with Crippen LogP contribution in [-0.4, -0.2) is 52.6 Å². The van der Waals surface area contributed by atoms with Crippen LogP contribution in [0.2, 0.25) is 5.02 Å². The maximum atomic E-state index is 14.3. The predicted octanol–water partition coefficient (Wildman–Crippen LogP) is 8.06. The van der Waals surface area contributed by atoms with Gasteiger partial charge in [-0.1, -0.05) is 48.0 Å². The van der Waals surface area contributed by atoms with Crippen molar-refractivity contribution in [2.24, 2.45) is 0 Å². The number of fused-ring (bicyclic) bond motifs is 1. The number of hydrogen-bond acceptors (Lipinski definition) is 5. The minimum atomic E-state index is -0.940. The van der Waals surface area contributed by atoms with E-state index in [4.69, 9.17) is 16.3 Å². The Hall–Kier alpha value is -4.06. The van der Waals surface area contributed by atoms with Gasteiger partial charge >= 0.3 is 6.09 Å². The average molecular weight is 602 g/mol. The molecule has 4 aromatic rings. The molecular weight excluding hydrogens is 570 g/mol. The van der Waals surface area contributed by atoms with Gasteiger partial charge in [0.1, 0.15) is 10.6 Å². The Bertz CT molecular complexity index is 1640. The zero-order valence-corrected chi connectivity index (χ0v) is 25.1. The summed E-state index contributed by atoms with van der Waals surface area (Å²) in [5.41, 5.74) is 3.37. The SMILES string of the molecule is CCOc1ccc(-c2ccc(C#N)cc2)cc1CN(C(=O)c1sc2ccccc2c1Cl)C1CCC(N(C)C(=O)O)CC1. The topological polar surface area (TPSA) is 93.9 Å². The number of hydrogen-bond donors (Lipinski definition) is 1. The number of halogens is 1. The van der Waals surface area contributed by atoms with E-state index < -0.39 is 6.09 Å². The van der Waals surface area contributed by atoms with Crippen LogP contribution >= 0.6 is 22.9 Å². The Kier molecular flexibility index (Phi) is 9.00. The number of thiophene rings is 1. The van der Waals surface area contributed by atoms with E-state index in [2.05, 4.69) is 6.07 Å². The monoisotopic (exact) mass is 601 g/mol. The third-order valence-corrected chi connectivity index (χ3v) is 9.66. The van der Waals surface area contributed by atoms with Gasteiger partial charge in [0.05, 0.1) is 23.3 Å². The largest absolute Gasteiger partial charge is 0.494 e. The van der Waals surface area contributed by atoms with Crippen LogP contribution in [0, 0.1) is 11.3 Å². The highest BCUT2D eigenvalue weighted by Crippen LogP contribution is 2.38. The van der Waals surface area contributed by atoms with Gasteiger partial charge in [0.15, 0.2) is 0 Å². The maximum Gasteiger partial charge on any atom is 0.407 e. The number of nitrogens with zero attached hydrogens (tertiary/aromatic N) is 3. The summed E-state index contributed by atoms with van der Waals surface area (Å²) in [7, 11) is 1.61. The Morgan fingerprint density at radius 1 is 1.02 bits per heavy atom. The molecule has 1 saturated carbocycles. The van der Waals surface area contributed by atoms with E-state index in [-0.39, 0.29) is 18.0 Å². The Morgan fingerprint density at radius 3 is 2.33 bits per heavy atom. The van der Waals surface area contributed by atoms with Gasteiger partial charge in [0, 0.05) is 41.3 Å². The lowest BCUT2D eigenvalue weighted by molar-refractivity contribution is 0.0554. The third-order valence-electron chi connectivity index (χ3n) is 7.99. The summed E-state index contributed by atoms with van der Waals surface area (Å²) < 4.78 is 6.96. The van der Waals surface area contributed by atoms with E-state index in [0.29, 0.717) is 60.0 Å². The minimum absolute atomic E-state index is 0.0812. The Balaban J connectivity index is 1.52. The molecule has 0 atom stereocenters. The molecule has 0 saturated heterocycles. The molecular formula is C33H32ClN3O4S. The van der Waals surface area contributed by atoms with Crippen LogP contribution in [0.5, 0.6) is 5.75 Å². The number of carbonyl (C=O) groups is 2. The fraction of sp³-hybridized carbons (Fsp3) is 0.303. The van der Waals surface area contributed by atoms with Crippen LogP contribution in [-0.2, 0) is 6.54 Å². The molecule has 1 fully saturated rings. The summed E-state index contributed by atoms with van der Waals surface area (Å²) in [5, 5.41) is 20.0. The van der Waals surface area contributed by atoms with Gasteiger partial charge in [0.25, 0.3) is 5.91 Å². The molecule has 1 heterocycles.